The molecule has 4 atom stereocenters. The van der Waals surface area contributed by atoms with E-state index in [1.54, 1.807) is 30.5 Å². The van der Waals surface area contributed by atoms with Crippen LogP contribution in [-0.4, -0.2) is 97.2 Å². The second-order valence-electron chi connectivity index (χ2n) is 13.5. The minimum absolute atomic E-state index is 0.167. The van der Waals surface area contributed by atoms with Gasteiger partial charge in [-0.1, -0.05) is 24.6 Å². The number of ether oxygens (including phenoxy) is 4. The molecule has 6 rings (SSSR count). The molecule has 4 heterocycles. The Labute approximate surface area is 293 Å². The normalized spacial score (nSPS) is 22.8. The van der Waals surface area contributed by atoms with E-state index in [0.717, 1.165) is 55.6 Å². The molecular weight excluding hydrogens is 646 g/mol. The lowest BCUT2D eigenvalue weighted by Gasteiger charge is -2.42. The summed E-state index contributed by atoms with van der Waals surface area (Å²) in [5.41, 5.74) is 2.45. The molecule has 0 spiro atoms. The molecule has 2 fully saturated rings. The van der Waals surface area contributed by atoms with Crippen LogP contribution in [0.25, 0.3) is 11.1 Å². The maximum atomic E-state index is 6.48. The summed E-state index contributed by atoms with van der Waals surface area (Å²) in [5, 5.41) is 13.0. The molecule has 1 aliphatic heterocycles. The fraction of sp³-hybridized carbons (Fsp3) is 0.571. The van der Waals surface area contributed by atoms with E-state index >= 15 is 0 Å². The van der Waals surface area contributed by atoms with Crippen molar-refractivity contribution in [2.75, 3.05) is 38.7 Å². The summed E-state index contributed by atoms with van der Waals surface area (Å²) in [6, 6.07) is 6.53. The van der Waals surface area contributed by atoms with Gasteiger partial charge < -0.3 is 24.3 Å². The van der Waals surface area contributed by atoms with Gasteiger partial charge in [0.25, 0.3) is 5.88 Å². The van der Waals surface area contributed by atoms with Gasteiger partial charge in [-0.05, 0) is 64.2 Å². The van der Waals surface area contributed by atoms with Gasteiger partial charge in [0.05, 0.1) is 49.2 Å². The Kier molecular flexibility index (Phi) is 11.7. The van der Waals surface area contributed by atoms with Gasteiger partial charge in [0.2, 0.25) is 5.95 Å². The number of benzene rings is 1. The van der Waals surface area contributed by atoms with Crippen molar-refractivity contribution >= 4 is 23.2 Å². The summed E-state index contributed by atoms with van der Waals surface area (Å²) in [6.45, 7) is 12.0. The smallest absolute Gasteiger partial charge is 0.256 e. The predicted octanol–water partition coefficient (Wildman–Crippen LogP) is 6.05. The number of nitrogens with one attached hydrogen (secondary N) is 1. The number of anilines is 2. The fourth-order valence-corrected chi connectivity index (χ4v) is 6.95. The SMILES string of the molecule is COC[C@H](C)COc1nn([C@H]2CC[C@H](N3C[C@@H](C)O[C@@H](C)C3)CC2)cc1Nc1ncc(-c2ccc(Cl)c(O[C@@H](C)Cn3cncn3)c2)cn1. The molecule has 3 aromatic heterocycles. The number of morpholine rings is 1. The largest absolute Gasteiger partial charge is 0.487 e. The molecular formula is C35H48ClN9O4. The Morgan fingerprint density at radius 1 is 1.00 bits per heavy atom. The van der Waals surface area contributed by atoms with E-state index in [2.05, 4.69) is 55.7 Å². The van der Waals surface area contributed by atoms with Crippen LogP contribution in [0.15, 0.2) is 49.4 Å². The zero-order valence-corrected chi connectivity index (χ0v) is 29.8. The lowest BCUT2D eigenvalue weighted by molar-refractivity contribution is -0.0852. The molecule has 0 bridgehead atoms. The van der Waals surface area contributed by atoms with Crippen molar-refractivity contribution in [2.24, 2.45) is 5.92 Å². The molecule has 1 N–H and O–H groups in total. The van der Waals surface area contributed by atoms with Crippen LogP contribution in [0.5, 0.6) is 11.6 Å². The highest BCUT2D eigenvalue weighted by Gasteiger charge is 2.32. The summed E-state index contributed by atoms with van der Waals surface area (Å²) < 4.78 is 27.4. The predicted molar refractivity (Wildman–Crippen MR) is 188 cm³/mol. The van der Waals surface area contributed by atoms with Crippen molar-refractivity contribution in [2.45, 2.75) is 90.3 Å². The second-order valence-corrected chi connectivity index (χ2v) is 13.9. The van der Waals surface area contributed by atoms with Gasteiger partial charge in [-0.2, -0.15) is 5.10 Å². The van der Waals surface area contributed by atoms with Crippen molar-refractivity contribution in [1.29, 1.82) is 0 Å². The van der Waals surface area contributed by atoms with E-state index in [4.69, 9.17) is 35.6 Å². The molecule has 4 aromatic rings. The van der Waals surface area contributed by atoms with E-state index in [9.17, 15) is 0 Å². The van der Waals surface area contributed by atoms with Gasteiger partial charge in [0, 0.05) is 50.1 Å². The Balaban J connectivity index is 1.13. The summed E-state index contributed by atoms with van der Waals surface area (Å²) in [6.07, 6.45) is 13.5. The summed E-state index contributed by atoms with van der Waals surface area (Å²) in [5.74, 6) is 1.78. The first-order valence-corrected chi connectivity index (χ1v) is 17.6. The van der Waals surface area contributed by atoms with Gasteiger partial charge in [0.15, 0.2) is 0 Å². The molecule has 13 nitrogen and oxygen atoms in total. The highest BCUT2D eigenvalue weighted by molar-refractivity contribution is 6.32. The zero-order chi connectivity index (χ0) is 34.3. The molecule has 14 heteroatoms. The van der Waals surface area contributed by atoms with Crippen LogP contribution in [-0.2, 0) is 16.0 Å². The summed E-state index contributed by atoms with van der Waals surface area (Å²) >= 11 is 6.48. The molecule has 1 aromatic carbocycles. The lowest BCUT2D eigenvalue weighted by atomic mass is 9.89. The minimum Gasteiger partial charge on any atom is -0.487 e. The highest BCUT2D eigenvalue weighted by atomic mass is 35.5. The Morgan fingerprint density at radius 2 is 1.73 bits per heavy atom. The van der Waals surface area contributed by atoms with E-state index in [1.165, 1.54) is 6.33 Å². The molecule has 1 saturated heterocycles. The minimum atomic E-state index is -0.167. The first-order chi connectivity index (χ1) is 23.7. The van der Waals surface area contributed by atoms with Crippen LogP contribution in [0.2, 0.25) is 5.02 Å². The van der Waals surface area contributed by atoms with Gasteiger partial charge in [-0.3, -0.25) is 9.58 Å². The summed E-state index contributed by atoms with van der Waals surface area (Å²) in [7, 11) is 1.70. The maximum absolute atomic E-state index is 6.48. The third-order valence-corrected chi connectivity index (χ3v) is 9.37. The molecule has 1 saturated carbocycles. The van der Waals surface area contributed by atoms with Crippen molar-refractivity contribution in [3.63, 3.8) is 0 Å². The highest BCUT2D eigenvalue weighted by Crippen LogP contribution is 2.36. The van der Waals surface area contributed by atoms with E-state index in [-0.39, 0.29) is 24.2 Å². The van der Waals surface area contributed by atoms with E-state index in [0.29, 0.717) is 54.4 Å². The zero-order valence-electron chi connectivity index (χ0n) is 29.0. The van der Waals surface area contributed by atoms with Crippen molar-refractivity contribution in [3.05, 3.63) is 54.5 Å². The maximum Gasteiger partial charge on any atom is 0.256 e. The van der Waals surface area contributed by atoms with Crippen LogP contribution in [0.3, 0.4) is 0 Å². The quantitative estimate of drug-likeness (QED) is 0.166. The monoisotopic (exact) mass is 693 g/mol. The van der Waals surface area contributed by atoms with E-state index in [1.807, 2.05) is 31.3 Å². The topological polar surface area (TPSA) is 127 Å². The standard InChI is InChI=1S/C35H48ClN9O4/c1-23(19-46-5)20-47-34-32(18-45(42-34)30-9-7-29(8-10-30)43-15-24(2)48-25(3)16-43)41-35-38-13-28(14-39-35)27-6-11-31(36)33(12-27)49-26(4)17-44-22-37-21-40-44/h6,11-14,18,21-26,29-30H,7-10,15-17,19-20H2,1-5H3,(H,38,39,41)/t23-,24-,25+,26-,29-,30-/m0/s1. The number of hydrogen-bond acceptors (Lipinski definition) is 11. The van der Waals surface area contributed by atoms with Crippen molar-refractivity contribution in [3.8, 4) is 22.8 Å². The van der Waals surface area contributed by atoms with Crippen LogP contribution in [0.4, 0.5) is 11.6 Å². The number of rotatable bonds is 14. The molecule has 0 unspecified atom stereocenters. The molecule has 264 valence electrons. The molecule has 1 aliphatic carbocycles. The Morgan fingerprint density at radius 3 is 2.43 bits per heavy atom. The van der Waals surface area contributed by atoms with Crippen molar-refractivity contribution < 1.29 is 18.9 Å². The first kappa shape index (κ1) is 35.1. The third kappa shape index (κ3) is 9.27. The molecule has 2 aliphatic rings. The first-order valence-electron chi connectivity index (χ1n) is 17.2. The average Bonchev–Trinajstić information content (AvgIpc) is 3.75. The van der Waals surface area contributed by atoms with E-state index < -0.39 is 0 Å². The molecule has 0 amide bonds. The molecule has 49 heavy (non-hydrogen) atoms. The second kappa shape index (κ2) is 16.3. The number of aromatic nitrogens is 7. The van der Waals surface area contributed by atoms with Crippen molar-refractivity contribution in [1.82, 2.24) is 39.4 Å². The number of nitrogens with zero attached hydrogens (tertiary/aromatic N) is 8. The third-order valence-electron chi connectivity index (χ3n) is 9.06. The Hall–Kier alpha value is -3.78. The summed E-state index contributed by atoms with van der Waals surface area (Å²) in [4.78, 5) is 15.9. The number of hydrogen-bond donors (Lipinski definition) is 1. The number of methoxy groups -OCH3 is 1. The van der Waals surface area contributed by atoms with Gasteiger partial charge in [-0.15, -0.1) is 5.10 Å². The van der Waals surface area contributed by atoms with Crippen LogP contribution in [0, 0.1) is 5.92 Å². The number of halogens is 1. The van der Waals surface area contributed by atoms with Crippen LogP contribution < -0.4 is 14.8 Å². The van der Waals surface area contributed by atoms with Gasteiger partial charge >= 0.3 is 0 Å². The average molecular weight is 694 g/mol. The van der Waals surface area contributed by atoms with Gasteiger partial charge in [-0.25, -0.2) is 19.6 Å². The van der Waals surface area contributed by atoms with Crippen LogP contribution in [0.1, 0.15) is 59.4 Å². The Bertz CT molecular complexity index is 1600. The van der Waals surface area contributed by atoms with Gasteiger partial charge in [0.1, 0.15) is 30.2 Å². The molecule has 0 radical (unpaired) electrons. The van der Waals surface area contributed by atoms with Crippen LogP contribution >= 0.6 is 11.6 Å². The fourth-order valence-electron chi connectivity index (χ4n) is 6.79. The lowest BCUT2D eigenvalue weighted by Crippen LogP contribution is -2.51.